The molecule has 1 N–H and O–H groups in total. The van der Waals surface area contributed by atoms with E-state index in [1.165, 1.54) is 28.2 Å². The van der Waals surface area contributed by atoms with E-state index in [0.29, 0.717) is 11.3 Å². The third kappa shape index (κ3) is 3.04. The maximum absolute atomic E-state index is 12.1. The first-order valence-corrected chi connectivity index (χ1v) is 6.74. The molecule has 122 valence electrons. The molecule has 1 aliphatic rings. The normalized spacial score (nSPS) is 16.3. The van der Waals surface area contributed by atoms with Gasteiger partial charge in [0.1, 0.15) is 11.3 Å². The lowest BCUT2D eigenvalue weighted by molar-refractivity contribution is -0.164. The molecule has 1 amide bonds. The van der Waals surface area contributed by atoms with E-state index in [2.05, 4.69) is 0 Å². The van der Waals surface area contributed by atoms with E-state index in [9.17, 15) is 14.7 Å². The summed E-state index contributed by atoms with van der Waals surface area (Å²) in [6.45, 7) is 1.44. The molecule has 0 aromatic heterocycles. The van der Waals surface area contributed by atoms with Crippen molar-refractivity contribution in [2.45, 2.75) is 6.92 Å². The average Bonchev–Trinajstić information content (AvgIpc) is 2.87. The molecule has 2 rings (SSSR count). The van der Waals surface area contributed by atoms with Gasteiger partial charge < -0.3 is 14.6 Å². The molecule has 1 aliphatic heterocycles. The molecule has 0 saturated carbocycles. The average molecular weight is 319 g/mol. The zero-order valence-corrected chi connectivity index (χ0v) is 13.2. The molecule has 0 fully saturated rings. The number of likely N-dealkylation sites (N-methyl/N-ethyl adjacent to an activating group) is 1. The van der Waals surface area contributed by atoms with Crippen LogP contribution in [0.25, 0.3) is 5.57 Å². The minimum absolute atomic E-state index is 0.00475. The fourth-order valence-corrected chi connectivity index (χ4v) is 2.08. The fraction of sp³-hybridized carbons (Fsp3) is 0.250. The van der Waals surface area contributed by atoms with Gasteiger partial charge in [0.2, 0.25) is 0 Å². The summed E-state index contributed by atoms with van der Waals surface area (Å²) >= 11 is 0. The number of cyclic esters (lactones) is 1. The van der Waals surface area contributed by atoms with Crippen LogP contribution >= 0.6 is 0 Å². The first kappa shape index (κ1) is 16.6. The number of rotatable bonds is 4. The predicted octanol–water partition coefficient (Wildman–Crippen LogP) is 1.81. The van der Waals surface area contributed by atoms with Crippen LogP contribution in [0.1, 0.15) is 12.5 Å². The Balaban J connectivity index is 2.45. The number of hydrogen-bond donors (Lipinski definition) is 1. The minimum Gasteiger partial charge on any atom is -0.504 e. The van der Waals surface area contributed by atoms with Crippen LogP contribution in [0.2, 0.25) is 0 Å². The third-order valence-corrected chi connectivity index (χ3v) is 3.45. The van der Waals surface area contributed by atoms with Gasteiger partial charge in [-0.2, -0.15) is 0 Å². The molecule has 0 aliphatic carbocycles. The van der Waals surface area contributed by atoms with E-state index in [1.54, 1.807) is 24.3 Å². The topological polar surface area (TPSA) is 85.3 Å². The third-order valence-electron chi connectivity index (χ3n) is 3.45. The summed E-state index contributed by atoms with van der Waals surface area (Å²) in [5, 5.41) is 11.3. The van der Waals surface area contributed by atoms with Crippen molar-refractivity contribution >= 4 is 17.4 Å². The summed E-state index contributed by atoms with van der Waals surface area (Å²) in [4.78, 5) is 28.9. The number of carbonyl (C=O) groups excluding carboxylic acids is 2. The maximum atomic E-state index is 12.1. The van der Waals surface area contributed by atoms with Crippen molar-refractivity contribution in [1.82, 2.24) is 5.06 Å². The van der Waals surface area contributed by atoms with Gasteiger partial charge in [-0.05, 0) is 24.6 Å². The Kier molecular flexibility index (Phi) is 4.71. The first-order chi connectivity index (χ1) is 10.9. The molecule has 1 heterocycles. The molecule has 7 nitrogen and oxygen atoms in total. The predicted molar refractivity (Wildman–Crippen MR) is 81.1 cm³/mol. The molecule has 0 unspecified atom stereocenters. The maximum Gasteiger partial charge on any atom is 0.348 e. The molecule has 0 saturated heterocycles. The zero-order valence-electron chi connectivity index (χ0n) is 13.2. The van der Waals surface area contributed by atoms with Crippen molar-refractivity contribution in [3.63, 3.8) is 0 Å². The second kappa shape index (κ2) is 6.53. The van der Waals surface area contributed by atoms with E-state index in [4.69, 9.17) is 14.3 Å². The second-order valence-electron chi connectivity index (χ2n) is 4.78. The van der Waals surface area contributed by atoms with Crippen molar-refractivity contribution in [2.24, 2.45) is 0 Å². The molecule has 0 spiro atoms. The first-order valence-electron chi connectivity index (χ1n) is 6.74. The van der Waals surface area contributed by atoms with E-state index >= 15 is 0 Å². The number of nitrogens with zero attached hydrogens (tertiary/aromatic N) is 1. The fourth-order valence-electron chi connectivity index (χ4n) is 2.08. The van der Waals surface area contributed by atoms with Gasteiger partial charge in [-0.25, -0.2) is 9.86 Å². The molecule has 23 heavy (non-hydrogen) atoms. The lowest BCUT2D eigenvalue weighted by Crippen LogP contribution is -2.27. The number of aliphatic hydroxyl groups is 1. The molecule has 1 aromatic carbocycles. The van der Waals surface area contributed by atoms with Gasteiger partial charge >= 0.3 is 5.97 Å². The van der Waals surface area contributed by atoms with E-state index in [0.717, 1.165) is 5.06 Å². The Labute approximate surface area is 133 Å². The van der Waals surface area contributed by atoms with Crippen LogP contribution in [0.5, 0.6) is 5.75 Å². The Hall–Kier alpha value is -2.80. The Morgan fingerprint density at radius 3 is 2.35 bits per heavy atom. The zero-order chi connectivity index (χ0) is 17.1. The molecule has 0 atom stereocenters. The summed E-state index contributed by atoms with van der Waals surface area (Å²) in [7, 11) is 4.26. The summed E-state index contributed by atoms with van der Waals surface area (Å²) in [6, 6.07) is 6.54. The van der Waals surface area contributed by atoms with Gasteiger partial charge in [0.25, 0.3) is 5.91 Å². The summed E-state index contributed by atoms with van der Waals surface area (Å²) in [5.41, 5.74) is 0.516. The van der Waals surface area contributed by atoms with E-state index < -0.39 is 11.9 Å². The standard InChI is InChI=1S/C16H17NO6/c1-9(15(19)17(2)22-4)14-13(18)12(16(20)23-14)10-5-7-11(21-3)8-6-10/h5-8,18H,1-4H3/b14-9+. The van der Waals surface area contributed by atoms with Gasteiger partial charge in [-0.3, -0.25) is 9.63 Å². The van der Waals surface area contributed by atoms with Crippen molar-refractivity contribution in [3.8, 4) is 5.75 Å². The number of benzene rings is 1. The number of esters is 1. The quantitative estimate of drug-likeness (QED) is 0.517. The van der Waals surface area contributed by atoms with Crippen LogP contribution in [-0.2, 0) is 19.2 Å². The SMILES string of the molecule is COc1ccc(C2=C(O)/C(=C(/C)C(=O)N(C)OC)OC2=O)cc1. The van der Waals surface area contributed by atoms with Crippen molar-refractivity contribution in [3.05, 3.63) is 46.9 Å². The second-order valence-corrected chi connectivity index (χ2v) is 4.78. The van der Waals surface area contributed by atoms with Gasteiger partial charge in [0.15, 0.2) is 11.5 Å². The van der Waals surface area contributed by atoms with Crippen molar-refractivity contribution in [1.29, 1.82) is 0 Å². The van der Waals surface area contributed by atoms with Gasteiger partial charge in [0.05, 0.1) is 19.8 Å². The minimum atomic E-state index is -0.727. The van der Waals surface area contributed by atoms with Gasteiger partial charge in [-0.15, -0.1) is 0 Å². The van der Waals surface area contributed by atoms with Crippen molar-refractivity contribution in [2.75, 3.05) is 21.3 Å². The number of carbonyl (C=O) groups is 2. The summed E-state index contributed by atoms with van der Waals surface area (Å²) in [6.07, 6.45) is 0. The Morgan fingerprint density at radius 1 is 1.22 bits per heavy atom. The lowest BCUT2D eigenvalue weighted by atomic mass is 10.0. The Bertz CT molecular complexity index is 702. The van der Waals surface area contributed by atoms with E-state index in [1.807, 2.05) is 0 Å². The van der Waals surface area contributed by atoms with Gasteiger partial charge in [0, 0.05) is 7.05 Å². The van der Waals surface area contributed by atoms with E-state index in [-0.39, 0.29) is 22.7 Å². The van der Waals surface area contributed by atoms with Crippen LogP contribution in [0.4, 0.5) is 0 Å². The van der Waals surface area contributed by atoms with Crippen LogP contribution in [-0.4, -0.2) is 43.3 Å². The molecule has 0 bridgehead atoms. The van der Waals surface area contributed by atoms with Crippen LogP contribution in [0.3, 0.4) is 0 Å². The lowest BCUT2D eigenvalue weighted by Gasteiger charge is -2.14. The summed E-state index contributed by atoms with van der Waals surface area (Å²) in [5.74, 6) is -1.19. The molecular formula is C16H17NO6. The van der Waals surface area contributed by atoms with Crippen molar-refractivity contribution < 1.29 is 29.0 Å². The van der Waals surface area contributed by atoms with Crippen LogP contribution in [0.15, 0.2) is 41.4 Å². The number of ether oxygens (including phenoxy) is 2. The highest BCUT2D eigenvalue weighted by Crippen LogP contribution is 2.34. The van der Waals surface area contributed by atoms with Gasteiger partial charge in [-0.1, -0.05) is 12.1 Å². The molecule has 1 aromatic rings. The Morgan fingerprint density at radius 2 is 1.83 bits per heavy atom. The highest BCUT2D eigenvalue weighted by atomic mass is 16.7. The number of hydroxylamine groups is 2. The number of methoxy groups -OCH3 is 1. The highest BCUT2D eigenvalue weighted by Gasteiger charge is 2.34. The smallest absolute Gasteiger partial charge is 0.348 e. The number of hydrogen-bond acceptors (Lipinski definition) is 6. The highest BCUT2D eigenvalue weighted by molar-refractivity contribution is 6.21. The largest absolute Gasteiger partial charge is 0.504 e. The summed E-state index contributed by atoms with van der Waals surface area (Å²) < 4.78 is 10.1. The molecule has 0 radical (unpaired) electrons. The number of aliphatic hydroxyl groups excluding tert-OH is 1. The molecular weight excluding hydrogens is 302 g/mol. The van der Waals surface area contributed by atoms with Crippen LogP contribution in [0, 0.1) is 0 Å². The van der Waals surface area contributed by atoms with Crippen LogP contribution < -0.4 is 4.74 Å². The molecule has 7 heteroatoms. The number of amides is 1. The monoisotopic (exact) mass is 319 g/mol.